The molecular formula is C9H14N4O2S. The number of amides is 1. The minimum Gasteiger partial charge on any atom is -0.463 e. The molecule has 1 fully saturated rings. The SMILES string of the molecule is CCOc1n[nH]c(NC(=O)C2CCCS2)n1. The Hall–Kier alpha value is -1.24. The average molecular weight is 242 g/mol. The first-order valence-corrected chi connectivity index (χ1v) is 6.32. The predicted molar refractivity (Wildman–Crippen MR) is 61.7 cm³/mol. The van der Waals surface area contributed by atoms with Gasteiger partial charge in [-0.05, 0) is 25.5 Å². The van der Waals surface area contributed by atoms with Gasteiger partial charge in [0.2, 0.25) is 11.9 Å². The van der Waals surface area contributed by atoms with E-state index >= 15 is 0 Å². The molecule has 1 atom stereocenters. The fourth-order valence-electron chi connectivity index (χ4n) is 1.48. The number of rotatable bonds is 4. The Morgan fingerprint density at radius 3 is 3.31 bits per heavy atom. The van der Waals surface area contributed by atoms with E-state index in [0.29, 0.717) is 12.6 Å². The van der Waals surface area contributed by atoms with Crippen molar-refractivity contribution in [3.63, 3.8) is 0 Å². The number of carbonyl (C=O) groups excluding carboxylic acids is 1. The Morgan fingerprint density at radius 2 is 2.62 bits per heavy atom. The molecule has 0 bridgehead atoms. The van der Waals surface area contributed by atoms with Gasteiger partial charge in [-0.1, -0.05) is 0 Å². The molecule has 1 amide bonds. The number of nitrogens with one attached hydrogen (secondary N) is 2. The highest BCUT2D eigenvalue weighted by Gasteiger charge is 2.24. The van der Waals surface area contributed by atoms with Gasteiger partial charge in [0.1, 0.15) is 0 Å². The lowest BCUT2D eigenvalue weighted by atomic mass is 10.2. The molecule has 2 rings (SSSR count). The number of hydrogen-bond acceptors (Lipinski definition) is 5. The summed E-state index contributed by atoms with van der Waals surface area (Å²) >= 11 is 1.68. The quantitative estimate of drug-likeness (QED) is 0.824. The van der Waals surface area contributed by atoms with Gasteiger partial charge in [0, 0.05) is 0 Å². The number of ether oxygens (including phenoxy) is 1. The molecule has 2 heterocycles. The lowest BCUT2D eigenvalue weighted by Crippen LogP contribution is -2.23. The molecule has 2 N–H and O–H groups in total. The highest BCUT2D eigenvalue weighted by Crippen LogP contribution is 2.26. The third-order valence-electron chi connectivity index (χ3n) is 2.20. The molecule has 7 heteroatoms. The average Bonchev–Trinajstić information content (AvgIpc) is 2.89. The van der Waals surface area contributed by atoms with E-state index in [2.05, 4.69) is 20.5 Å². The monoisotopic (exact) mass is 242 g/mol. The molecule has 0 aromatic carbocycles. The van der Waals surface area contributed by atoms with Crippen molar-refractivity contribution in [2.24, 2.45) is 0 Å². The number of H-pyrrole nitrogens is 1. The van der Waals surface area contributed by atoms with E-state index in [0.717, 1.165) is 18.6 Å². The molecule has 6 nitrogen and oxygen atoms in total. The molecule has 1 unspecified atom stereocenters. The minimum absolute atomic E-state index is 0.0123. The van der Waals surface area contributed by atoms with Gasteiger partial charge in [-0.2, -0.15) is 4.98 Å². The number of anilines is 1. The van der Waals surface area contributed by atoms with Crippen LogP contribution in [0.1, 0.15) is 19.8 Å². The second-order valence-electron chi connectivity index (χ2n) is 3.39. The van der Waals surface area contributed by atoms with Crippen LogP contribution >= 0.6 is 11.8 Å². The summed E-state index contributed by atoms with van der Waals surface area (Å²) in [5.41, 5.74) is 0. The van der Waals surface area contributed by atoms with Gasteiger partial charge >= 0.3 is 6.01 Å². The summed E-state index contributed by atoms with van der Waals surface area (Å²) in [6.45, 7) is 2.35. The van der Waals surface area contributed by atoms with Crippen LogP contribution in [0.25, 0.3) is 0 Å². The number of aromatic nitrogens is 3. The largest absolute Gasteiger partial charge is 0.463 e. The molecule has 16 heavy (non-hydrogen) atoms. The summed E-state index contributed by atoms with van der Waals surface area (Å²) in [5, 5.41) is 9.16. The van der Waals surface area contributed by atoms with Crippen LogP contribution in [-0.4, -0.2) is 38.7 Å². The van der Waals surface area contributed by atoms with Crippen molar-refractivity contribution >= 4 is 23.6 Å². The molecule has 1 aliphatic rings. The van der Waals surface area contributed by atoms with Gasteiger partial charge in [-0.15, -0.1) is 16.9 Å². The Bertz CT molecular complexity index is 362. The maximum atomic E-state index is 11.7. The first kappa shape index (κ1) is 11.3. The molecule has 1 aromatic heterocycles. The van der Waals surface area contributed by atoms with Crippen LogP contribution in [0.15, 0.2) is 0 Å². The Balaban J connectivity index is 1.89. The fourth-order valence-corrected chi connectivity index (χ4v) is 2.64. The van der Waals surface area contributed by atoms with Crippen molar-refractivity contribution in [1.29, 1.82) is 0 Å². The molecule has 1 saturated heterocycles. The molecular weight excluding hydrogens is 228 g/mol. The first-order valence-electron chi connectivity index (χ1n) is 5.27. The van der Waals surface area contributed by atoms with Gasteiger partial charge in [0.25, 0.3) is 0 Å². The zero-order valence-corrected chi connectivity index (χ0v) is 9.84. The van der Waals surface area contributed by atoms with Gasteiger partial charge in [0.15, 0.2) is 0 Å². The van der Waals surface area contributed by atoms with Crippen LogP contribution in [0.2, 0.25) is 0 Å². The van der Waals surface area contributed by atoms with Gasteiger partial charge < -0.3 is 4.74 Å². The number of carbonyl (C=O) groups is 1. The van der Waals surface area contributed by atoms with E-state index in [1.165, 1.54) is 0 Å². The van der Waals surface area contributed by atoms with Crippen molar-refractivity contribution in [3.05, 3.63) is 0 Å². The summed E-state index contributed by atoms with van der Waals surface area (Å²) in [4.78, 5) is 15.7. The lowest BCUT2D eigenvalue weighted by Gasteiger charge is -2.06. The maximum Gasteiger partial charge on any atom is 0.337 e. The smallest absolute Gasteiger partial charge is 0.337 e. The fraction of sp³-hybridized carbons (Fsp3) is 0.667. The zero-order chi connectivity index (χ0) is 11.4. The van der Waals surface area contributed by atoms with Gasteiger partial charge in [-0.3, -0.25) is 10.1 Å². The molecule has 0 radical (unpaired) electrons. The van der Waals surface area contributed by atoms with E-state index in [4.69, 9.17) is 4.74 Å². The Morgan fingerprint density at radius 1 is 1.75 bits per heavy atom. The van der Waals surface area contributed by atoms with E-state index in [-0.39, 0.29) is 17.2 Å². The third kappa shape index (κ3) is 2.66. The maximum absolute atomic E-state index is 11.7. The summed E-state index contributed by atoms with van der Waals surface area (Å²) in [5.74, 6) is 1.39. The standard InChI is InChI=1S/C9H14N4O2S/c1-2-15-9-11-8(12-13-9)10-7(14)6-4-3-5-16-6/h6H,2-5H2,1H3,(H2,10,11,12,13,14). The molecule has 88 valence electrons. The number of thioether (sulfide) groups is 1. The van der Waals surface area contributed by atoms with Crippen LogP contribution in [0.3, 0.4) is 0 Å². The molecule has 0 spiro atoms. The number of nitrogens with zero attached hydrogens (tertiary/aromatic N) is 2. The summed E-state index contributed by atoms with van der Waals surface area (Å²) < 4.78 is 5.08. The van der Waals surface area contributed by atoms with Crippen molar-refractivity contribution in [1.82, 2.24) is 15.2 Å². The topological polar surface area (TPSA) is 79.9 Å². The van der Waals surface area contributed by atoms with Crippen LogP contribution < -0.4 is 10.1 Å². The normalized spacial score (nSPS) is 19.7. The van der Waals surface area contributed by atoms with Gasteiger partial charge in [0.05, 0.1) is 11.9 Å². The molecule has 0 saturated carbocycles. The number of aromatic amines is 1. The number of hydrogen-bond donors (Lipinski definition) is 2. The Labute approximate surface area is 97.5 Å². The van der Waals surface area contributed by atoms with Crippen molar-refractivity contribution < 1.29 is 9.53 Å². The lowest BCUT2D eigenvalue weighted by molar-refractivity contribution is -0.115. The highest BCUT2D eigenvalue weighted by molar-refractivity contribution is 8.00. The van der Waals surface area contributed by atoms with Crippen molar-refractivity contribution in [3.8, 4) is 6.01 Å². The summed E-state index contributed by atoms with van der Waals surface area (Å²) in [6.07, 6.45) is 2.03. The Kier molecular flexibility index (Phi) is 3.66. The molecule has 0 aliphatic carbocycles. The second-order valence-corrected chi connectivity index (χ2v) is 4.70. The second kappa shape index (κ2) is 5.20. The third-order valence-corrected chi connectivity index (χ3v) is 3.58. The van der Waals surface area contributed by atoms with Crippen LogP contribution in [0.5, 0.6) is 6.01 Å². The van der Waals surface area contributed by atoms with Crippen LogP contribution in [0.4, 0.5) is 5.95 Å². The summed E-state index contributed by atoms with van der Waals surface area (Å²) in [6, 6.07) is 0.261. The predicted octanol–water partition coefficient (Wildman–Crippen LogP) is 1.04. The van der Waals surface area contributed by atoms with E-state index in [1.807, 2.05) is 6.92 Å². The van der Waals surface area contributed by atoms with E-state index < -0.39 is 0 Å². The van der Waals surface area contributed by atoms with E-state index in [9.17, 15) is 4.79 Å². The van der Waals surface area contributed by atoms with E-state index in [1.54, 1.807) is 11.8 Å². The first-order chi connectivity index (χ1) is 7.79. The minimum atomic E-state index is -0.0123. The molecule has 1 aromatic rings. The molecule has 1 aliphatic heterocycles. The van der Waals surface area contributed by atoms with Gasteiger partial charge in [-0.25, -0.2) is 5.10 Å². The zero-order valence-electron chi connectivity index (χ0n) is 9.02. The van der Waals surface area contributed by atoms with Crippen molar-refractivity contribution in [2.45, 2.75) is 25.0 Å². The highest BCUT2D eigenvalue weighted by atomic mass is 32.2. The van der Waals surface area contributed by atoms with Crippen LogP contribution in [-0.2, 0) is 4.79 Å². The van der Waals surface area contributed by atoms with Crippen molar-refractivity contribution in [2.75, 3.05) is 17.7 Å². The van der Waals surface area contributed by atoms with Crippen LogP contribution in [0, 0.1) is 0 Å². The summed E-state index contributed by atoms with van der Waals surface area (Å²) in [7, 11) is 0.